The molecule has 124 valence electrons. The Morgan fingerprint density at radius 2 is 2.09 bits per heavy atom. The summed E-state index contributed by atoms with van der Waals surface area (Å²) in [6, 6.07) is 4.22. The van der Waals surface area contributed by atoms with Crippen molar-refractivity contribution >= 4 is 10.2 Å². The van der Waals surface area contributed by atoms with E-state index in [2.05, 4.69) is 11.1 Å². The SMILES string of the molecule is CCN(CC)S(=O)(=O)N1CCCC1CCc1ccnc(C)c1. The van der Waals surface area contributed by atoms with Gasteiger partial charge in [-0.2, -0.15) is 17.0 Å². The van der Waals surface area contributed by atoms with Gasteiger partial charge < -0.3 is 0 Å². The van der Waals surface area contributed by atoms with Crippen molar-refractivity contribution in [2.75, 3.05) is 19.6 Å². The maximum Gasteiger partial charge on any atom is 0.282 e. The Bertz CT molecular complexity index is 585. The molecule has 2 rings (SSSR count). The van der Waals surface area contributed by atoms with E-state index < -0.39 is 10.2 Å². The predicted octanol–water partition coefficient (Wildman–Crippen LogP) is 2.37. The van der Waals surface area contributed by atoms with Crippen molar-refractivity contribution in [2.45, 2.75) is 52.5 Å². The van der Waals surface area contributed by atoms with Gasteiger partial charge in [-0.25, -0.2) is 0 Å². The summed E-state index contributed by atoms with van der Waals surface area (Å²) in [7, 11) is -3.31. The summed E-state index contributed by atoms with van der Waals surface area (Å²) in [6.45, 7) is 7.49. The van der Waals surface area contributed by atoms with Crippen LogP contribution in [-0.2, 0) is 16.6 Å². The molecule has 1 aromatic rings. The van der Waals surface area contributed by atoms with Crippen molar-refractivity contribution in [3.8, 4) is 0 Å². The molecular weight excluding hydrogens is 298 g/mol. The van der Waals surface area contributed by atoms with Gasteiger partial charge in [0.2, 0.25) is 0 Å². The summed E-state index contributed by atoms with van der Waals surface area (Å²) in [5, 5.41) is 0. The lowest BCUT2D eigenvalue weighted by Crippen LogP contribution is -2.46. The first-order chi connectivity index (χ1) is 10.5. The van der Waals surface area contributed by atoms with Crippen LogP contribution in [0.15, 0.2) is 18.3 Å². The molecule has 1 unspecified atom stereocenters. The minimum atomic E-state index is -3.31. The van der Waals surface area contributed by atoms with E-state index in [1.54, 1.807) is 8.61 Å². The first kappa shape index (κ1) is 17.4. The van der Waals surface area contributed by atoms with E-state index in [0.717, 1.165) is 31.4 Å². The normalized spacial score (nSPS) is 19.9. The topological polar surface area (TPSA) is 53.5 Å². The van der Waals surface area contributed by atoms with Crippen LogP contribution in [0.1, 0.15) is 44.4 Å². The second kappa shape index (κ2) is 7.53. The lowest BCUT2D eigenvalue weighted by atomic mass is 10.0. The van der Waals surface area contributed by atoms with E-state index >= 15 is 0 Å². The molecule has 0 N–H and O–H groups in total. The number of aromatic nitrogens is 1. The summed E-state index contributed by atoms with van der Waals surface area (Å²) in [5.41, 5.74) is 2.25. The lowest BCUT2D eigenvalue weighted by Gasteiger charge is -2.29. The van der Waals surface area contributed by atoms with Gasteiger partial charge in [-0.1, -0.05) is 13.8 Å². The Hall–Kier alpha value is -0.980. The molecule has 1 aromatic heterocycles. The largest absolute Gasteiger partial charge is 0.282 e. The molecule has 0 radical (unpaired) electrons. The number of nitrogens with zero attached hydrogens (tertiary/aromatic N) is 3. The summed E-state index contributed by atoms with van der Waals surface area (Å²) >= 11 is 0. The molecule has 1 atom stereocenters. The Morgan fingerprint density at radius 3 is 2.73 bits per heavy atom. The maximum absolute atomic E-state index is 12.7. The van der Waals surface area contributed by atoms with E-state index in [1.165, 1.54) is 5.56 Å². The quantitative estimate of drug-likeness (QED) is 0.773. The van der Waals surface area contributed by atoms with Gasteiger partial charge in [0, 0.05) is 37.6 Å². The highest BCUT2D eigenvalue weighted by atomic mass is 32.2. The molecule has 0 spiro atoms. The van der Waals surface area contributed by atoms with Gasteiger partial charge in [-0.3, -0.25) is 4.98 Å². The zero-order valence-electron chi connectivity index (χ0n) is 13.8. The number of hydrogen-bond donors (Lipinski definition) is 0. The minimum absolute atomic E-state index is 0.124. The fraction of sp³-hybridized carbons (Fsp3) is 0.688. The van der Waals surface area contributed by atoms with E-state index in [0.29, 0.717) is 19.6 Å². The number of hydrogen-bond acceptors (Lipinski definition) is 3. The smallest absolute Gasteiger partial charge is 0.262 e. The Balaban J connectivity index is 2.04. The van der Waals surface area contributed by atoms with Gasteiger partial charge in [0.1, 0.15) is 0 Å². The van der Waals surface area contributed by atoms with Crippen LogP contribution in [0, 0.1) is 6.92 Å². The number of pyridine rings is 1. The Labute approximate surface area is 134 Å². The van der Waals surface area contributed by atoms with Crippen LogP contribution in [0.2, 0.25) is 0 Å². The highest BCUT2D eigenvalue weighted by molar-refractivity contribution is 7.86. The molecule has 22 heavy (non-hydrogen) atoms. The second-order valence-corrected chi connectivity index (χ2v) is 7.72. The Morgan fingerprint density at radius 1 is 1.36 bits per heavy atom. The number of aryl methyl sites for hydroxylation is 2. The average Bonchev–Trinajstić information content (AvgIpc) is 2.95. The van der Waals surface area contributed by atoms with Gasteiger partial charge in [-0.15, -0.1) is 0 Å². The first-order valence-electron chi connectivity index (χ1n) is 8.17. The van der Waals surface area contributed by atoms with Gasteiger partial charge in [0.05, 0.1) is 0 Å². The van der Waals surface area contributed by atoms with E-state index in [-0.39, 0.29) is 6.04 Å². The van der Waals surface area contributed by atoms with E-state index in [9.17, 15) is 8.42 Å². The molecule has 1 aliphatic heterocycles. The van der Waals surface area contributed by atoms with Crippen LogP contribution in [0.25, 0.3) is 0 Å². The third-order valence-electron chi connectivity index (χ3n) is 4.38. The third-order valence-corrected chi connectivity index (χ3v) is 6.62. The van der Waals surface area contributed by atoms with E-state index in [4.69, 9.17) is 0 Å². The van der Waals surface area contributed by atoms with Gasteiger partial charge in [-0.05, 0) is 50.3 Å². The van der Waals surface area contributed by atoms with Crippen molar-refractivity contribution < 1.29 is 8.42 Å². The van der Waals surface area contributed by atoms with Crippen LogP contribution in [-0.4, -0.2) is 47.7 Å². The Kier molecular flexibility index (Phi) is 5.94. The molecule has 5 nitrogen and oxygen atoms in total. The second-order valence-electron chi connectivity index (χ2n) is 5.84. The molecule has 1 fully saturated rings. The molecule has 1 saturated heterocycles. The molecule has 0 amide bonds. The fourth-order valence-corrected chi connectivity index (χ4v) is 5.09. The fourth-order valence-electron chi connectivity index (χ4n) is 3.19. The van der Waals surface area contributed by atoms with Crippen molar-refractivity contribution in [1.29, 1.82) is 0 Å². The summed E-state index contributed by atoms with van der Waals surface area (Å²) < 4.78 is 28.7. The minimum Gasteiger partial charge on any atom is -0.262 e. The zero-order valence-corrected chi connectivity index (χ0v) is 14.6. The highest BCUT2D eigenvalue weighted by Crippen LogP contribution is 2.26. The van der Waals surface area contributed by atoms with Crippen molar-refractivity contribution in [1.82, 2.24) is 13.6 Å². The predicted molar refractivity (Wildman–Crippen MR) is 88.9 cm³/mol. The summed E-state index contributed by atoms with van der Waals surface area (Å²) in [6.07, 6.45) is 5.52. The first-order valence-corrected chi connectivity index (χ1v) is 9.57. The molecule has 0 aromatic carbocycles. The number of rotatable bonds is 7. The van der Waals surface area contributed by atoms with Crippen molar-refractivity contribution in [3.63, 3.8) is 0 Å². The van der Waals surface area contributed by atoms with Gasteiger partial charge >= 0.3 is 0 Å². The highest BCUT2D eigenvalue weighted by Gasteiger charge is 2.36. The summed E-state index contributed by atoms with van der Waals surface area (Å²) in [4.78, 5) is 4.21. The lowest BCUT2D eigenvalue weighted by molar-refractivity contribution is 0.324. The molecule has 0 bridgehead atoms. The molecule has 0 aliphatic carbocycles. The van der Waals surface area contributed by atoms with Crippen molar-refractivity contribution in [3.05, 3.63) is 29.6 Å². The van der Waals surface area contributed by atoms with Gasteiger partial charge in [0.15, 0.2) is 0 Å². The van der Waals surface area contributed by atoms with Crippen LogP contribution in [0.5, 0.6) is 0 Å². The molecule has 0 saturated carbocycles. The third kappa shape index (κ3) is 3.86. The van der Waals surface area contributed by atoms with Crippen LogP contribution < -0.4 is 0 Å². The van der Waals surface area contributed by atoms with Crippen LogP contribution >= 0.6 is 0 Å². The molecule has 2 heterocycles. The molecule has 6 heteroatoms. The molecular formula is C16H27N3O2S. The zero-order chi connectivity index (χ0) is 16.2. The monoisotopic (exact) mass is 325 g/mol. The van der Waals surface area contributed by atoms with Crippen LogP contribution in [0.3, 0.4) is 0 Å². The van der Waals surface area contributed by atoms with E-state index in [1.807, 2.05) is 33.0 Å². The maximum atomic E-state index is 12.7. The van der Waals surface area contributed by atoms with Gasteiger partial charge in [0.25, 0.3) is 10.2 Å². The standard InChI is InChI=1S/C16H27N3O2S/c1-4-18(5-2)22(20,21)19-12-6-7-16(19)9-8-15-10-11-17-14(3)13-15/h10-11,13,16H,4-9,12H2,1-3H3. The summed E-state index contributed by atoms with van der Waals surface area (Å²) in [5.74, 6) is 0. The average molecular weight is 325 g/mol. The van der Waals surface area contributed by atoms with Crippen molar-refractivity contribution in [2.24, 2.45) is 0 Å². The van der Waals surface area contributed by atoms with Crippen LogP contribution in [0.4, 0.5) is 0 Å². The molecule has 1 aliphatic rings.